The first-order valence-electron chi connectivity index (χ1n) is 9.78. The van der Waals surface area contributed by atoms with E-state index < -0.39 is 0 Å². The summed E-state index contributed by atoms with van der Waals surface area (Å²) < 4.78 is 13.3. The van der Waals surface area contributed by atoms with Gasteiger partial charge in [-0.05, 0) is 17.0 Å². The largest absolute Gasteiger partial charge is 0.444 e. The van der Waals surface area contributed by atoms with Crippen molar-refractivity contribution in [1.29, 1.82) is 0 Å². The maximum Gasteiger partial charge on any atom is 0.236 e. The van der Waals surface area contributed by atoms with E-state index in [0.717, 1.165) is 41.3 Å². The van der Waals surface area contributed by atoms with Gasteiger partial charge in [-0.25, -0.2) is 4.98 Å². The molecular formula is C21H21N5O2S2. The summed E-state index contributed by atoms with van der Waals surface area (Å²) in [5, 5.41) is 11.9. The molecule has 0 saturated carbocycles. The highest BCUT2D eigenvalue weighted by Gasteiger charge is 2.21. The number of hydrogen-bond acceptors (Lipinski definition) is 8. The number of thioether (sulfide) groups is 1. The number of oxazole rings is 1. The van der Waals surface area contributed by atoms with Gasteiger partial charge >= 0.3 is 0 Å². The lowest BCUT2D eigenvalue weighted by Gasteiger charge is -2.28. The quantitative estimate of drug-likeness (QED) is 0.400. The molecule has 0 radical (unpaired) electrons. The zero-order valence-corrected chi connectivity index (χ0v) is 17.9. The summed E-state index contributed by atoms with van der Waals surface area (Å²) in [6.45, 7) is 3.80. The Morgan fingerprint density at radius 2 is 1.90 bits per heavy atom. The smallest absolute Gasteiger partial charge is 0.236 e. The molecule has 1 saturated heterocycles. The number of aromatic nitrogens is 4. The van der Waals surface area contributed by atoms with Crippen molar-refractivity contribution >= 4 is 29.0 Å². The first kappa shape index (κ1) is 19.3. The summed E-state index contributed by atoms with van der Waals surface area (Å²) in [5.41, 5.74) is 2.11. The van der Waals surface area contributed by atoms with Crippen molar-refractivity contribution in [2.45, 2.75) is 17.5 Å². The van der Waals surface area contributed by atoms with E-state index in [2.05, 4.69) is 48.9 Å². The lowest BCUT2D eigenvalue weighted by molar-refractivity contribution is 0.121. The molecule has 4 aromatic rings. The molecule has 0 aliphatic carbocycles. The van der Waals surface area contributed by atoms with Crippen molar-refractivity contribution in [3.05, 3.63) is 65.4 Å². The molecule has 0 atom stereocenters. The van der Waals surface area contributed by atoms with Crippen LogP contribution < -0.4 is 4.90 Å². The molecule has 9 heteroatoms. The minimum absolute atomic E-state index is 0.667. The van der Waals surface area contributed by atoms with Gasteiger partial charge in [0.2, 0.25) is 11.8 Å². The number of hydrogen-bond donors (Lipinski definition) is 0. The van der Waals surface area contributed by atoms with E-state index >= 15 is 0 Å². The minimum atomic E-state index is 0.667. The minimum Gasteiger partial charge on any atom is -0.444 e. The van der Waals surface area contributed by atoms with E-state index in [1.165, 1.54) is 5.56 Å². The Hall–Kier alpha value is -2.62. The highest BCUT2D eigenvalue weighted by molar-refractivity contribution is 7.98. The second-order valence-corrected chi connectivity index (χ2v) is 8.75. The van der Waals surface area contributed by atoms with E-state index in [-0.39, 0.29) is 0 Å². The Labute approximate surface area is 182 Å². The summed E-state index contributed by atoms with van der Waals surface area (Å²) in [4.78, 5) is 7.90. The molecule has 0 spiro atoms. The first-order valence-corrected chi connectivity index (χ1v) is 11.6. The molecule has 5 rings (SSSR count). The second kappa shape index (κ2) is 9.03. The first-order chi connectivity index (χ1) is 14.9. The maximum atomic E-state index is 5.64. The van der Waals surface area contributed by atoms with Crippen molar-refractivity contribution in [2.24, 2.45) is 0 Å². The van der Waals surface area contributed by atoms with Crippen molar-refractivity contribution < 1.29 is 9.15 Å². The predicted molar refractivity (Wildman–Crippen MR) is 118 cm³/mol. The zero-order chi connectivity index (χ0) is 20.2. The van der Waals surface area contributed by atoms with Gasteiger partial charge < -0.3 is 14.1 Å². The average Bonchev–Trinajstić information content (AvgIpc) is 3.55. The Morgan fingerprint density at radius 1 is 1.03 bits per heavy atom. The predicted octanol–water partition coefficient (Wildman–Crippen LogP) is 4.17. The van der Waals surface area contributed by atoms with Crippen molar-refractivity contribution in [3.63, 3.8) is 0 Å². The van der Waals surface area contributed by atoms with E-state index in [1.807, 2.05) is 23.6 Å². The molecular weight excluding hydrogens is 418 g/mol. The SMILES string of the molecule is c1ccc(Cn2c(SCc3coc(-c4cccs4)n3)nnc2N2CCOCC2)cc1. The molecule has 154 valence electrons. The van der Waals surface area contributed by atoms with Crippen molar-refractivity contribution in [3.8, 4) is 10.8 Å². The fourth-order valence-electron chi connectivity index (χ4n) is 3.31. The summed E-state index contributed by atoms with van der Waals surface area (Å²) in [6, 6.07) is 14.4. The van der Waals surface area contributed by atoms with Gasteiger partial charge in [0.1, 0.15) is 6.26 Å². The number of rotatable bonds is 7. The van der Waals surface area contributed by atoms with Crippen LogP contribution in [0.4, 0.5) is 5.95 Å². The molecule has 0 bridgehead atoms. The van der Waals surface area contributed by atoms with Crippen LogP contribution in [0.2, 0.25) is 0 Å². The van der Waals surface area contributed by atoms with Crippen LogP contribution in [0.15, 0.2) is 63.7 Å². The van der Waals surface area contributed by atoms with Crippen LogP contribution in [-0.4, -0.2) is 46.1 Å². The number of anilines is 1. The lowest BCUT2D eigenvalue weighted by Crippen LogP contribution is -2.38. The molecule has 7 nitrogen and oxygen atoms in total. The van der Waals surface area contributed by atoms with Crippen molar-refractivity contribution in [1.82, 2.24) is 19.7 Å². The van der Waals surface area contributed by atoms with Crippen LogP contribution in [0.1, 0.15) is 11.3 Å². The van der Waals surface area contributed by atoms with E-state index in [4.69, 9.17) is 9.15 Å². The van der Waals surface area contributed by atoms with Gasteiger partial charge in [-0.3, -0.25) is 4.57 Å². The average molecular weight is 440 g/mol. The van der Waals surface area contributed by atoms with Crippen LogP contribution in [0.25, 0.3) is 10.8 Å². The Morgan fingerprint density at radius 3 is 2.70 bits per heavy atom. The zero-order valence-electron chi connectivity index (χ0n) is 16.3. The normalized spacial score (nSPS) is 14.3. The van der Waals surface area contributed by atoms with Crippen molar-refractivity contribution in [2.75, 3.05) is 31.2 Å². The molecule has 1 aromatic carbocycles. The van der Waals surface area contributed by atoms with E-state index in [0.29, 0.717) is 24.9 Å². The fourth-order valence-corrected chi connectivity index (χ4v) is 4.78. The van der Waals surface area contributed by atoms with Gasteiger partial charge in [-0.15, -0.1) is 21.5 Å². The monoisotopic (exact) mass is 439 g/mol. The van der Waals surface area contributed by atoms with E-state index in [9.17, 15) is 0 Å². The van der Waals surface area contributed by atoms with Gasteiger partial charge in [0.15, 0.2) is 5.16 Å². The summed E-state index contributed by atoms with van der Waals surface area (Å²) in [5.74, 6) is 2.23. The van der Waals surface area contributed by atoms with Gasteiger partial charge in [-0.1, -0.05) is 48.2 Å². The molecule has 1 fully saturated rings. The van der Waals surface area contributed by atoms with Crippen LogP contribution in [0.3, 0.4) is 0 Å². The third-order valence-electron chi connectivity index (χ3n) is 4.81. The second-order valence-electron chi connectivity index (χ2n) is 6.86. The molecule has 1 aliphatic heterocycles. The Balaban J connectivity index is 1.36. The van der Waals surface area contributed by atoms with Gasteiger partial charge in [-0.2, -0.15) is 0 Å². The highest BCUT2D eigenvalue weighted by atomic mass is 32.2. The Kier molecular flexibility index (Phi) is 5.82. The van der Waals surface area contributed by atoms with Crippen LogP contribution in [-0.2, 0) is 17.0 Å². The third kappa shape index (κ3) is 4.28. The van der Waals surface area contributed by atoms with Crippen LogP contribution in [0.5, 0.6) is 0 Å². The highest BCUT2D eigenvalue weighted by Crippen LogP contribution is 2.29. The number of morpholine rings is 1. The topological polar surface area (TPSA) is 69.2 Å². The lowest BCUT2D eigenvalue weighted by atomic mass is 10.2. The molecule has 0 unspecified atom stereocenters. The van der Waals surface area contributed by atoms with Gasteiger partial charge in [0, 0.05) is 18.8 Å². The molecule has 3 aromatic heterocycles. The van der Waals surface area contributed by atoms with Gasteiger partial charge in [0.05, 0.1) is 30.3 Å². The number of benzene rings is 1. The van der Waals surface area contributed by atoms with Crippen LogP contribution in [0, 0.1) is 0 Å². The molecule has 0 N–H and O–H groups in total. The van der Waals surface area contributed by atoms with Gasteiger partial charge in [0.25, 0.3) is 0 Å². The van der Waals surface area contributed by atoms with Crippen LogP contribution >= 0.6 is 23.1 Å². The summed E-state index contributed by atoms with van der Waals surface area (Å²) in [6.07, 6.45) is 1.73. The summed E-state index contributed by atoms with van der Waals surface area (Å²) >= 11 is 3.25. The number of nitrogens with zero attached hydrogens (tertiary/aromatic N) is 5. The summed E-state index contributed by atoms with van der Waals surface area (Å²) in [7, 11) is 0. The van der Waals surface area contributed by atoms with E-state index in [1.54, 1.807) is 29.4 Å². The maximum absolute atomic E-state index is 5.64. The third-order valence-corrected chi connectivity index (χ3v) is 6.67. The Bertz CT molecular complexity index is 1070. The fraction of sp³-hybridized carbons (Fsp3) is 0.286. The standard InChI is InChI=1S/C21H21N5O2S2/c1-2-5-16(6-3-1)13-26-20(25-8-10-27-11-9-25)23-24-21(26)30-15-17-14-28-19(22-17)18-7-4-12-29-18/h1-7,12,14H,8-11,13,15H2. The number of ether oxygens (including phenoxy) is 1. The molecule has 30 heavy (non-hydrogen) atoms. The number of thiophene rings is 1. The molecule has 4 heterocycles. The molecule has 0 amide bonds. The molecule has 1 aliphatic rings.